The van der Waals surface area contributed by atoms with Crippen molar-refractivity contribution in [2.45, 2.75) is 0 Å². The molecule has 0 amide bonds. The molecule has 2 aromatic carbocycles. The van der Waals surface area contributed by atoms with Gasteiger partial charge in [0.2, 0.25) is 0 Å². The van der Waals surface area contributed by atoms with Crippen LogP contribution in [0, 0.1) is 5.82 Å². The summed E-state index contributed by atoms with van der Waals surface area (Å²) in [5, 5.41) is 0.663. The van der Waals surface area contributed by atoms with Crippen molar-refractivity contribution in [3.63, 3.8) is 0 Å². The topological polar surface area (TPSA) is 38.9 Å². The molecular weight excluding hydrogens is 235 g/mol. The SMILES string of the molecule is Nc1ccc(F)c(-c2nc3ccccc3s2)c1. The van der Waals surface area contributed by atoms with E-state index in [1.807, 2.05) is 24.3 Å². The Balaban J connectivity index is 2.23. The summed E-state index contributed by atoms with van der Waals surface area (Å²) in [7, 11) is 0. The molecule has 0 fully saturated rings. The van der Waals surface area contributed by atoms with Gasteiger partial charge in [-0.2, -0.15) is 0 Å². The average molecular weight is 244 g/mol. The molecule has 17 heavy (non-hydrogen) atoms. The number of benzene rings is 2. The molecule has 0 aliphatic carbocycles. The Bertz CT molecular complexity index is 658. The molecule has 2 nitrogen and oxygen atoms in total. The van der Waals surface area contributed by atoms with Gasteiger partial charge in [0.05, 0.1) is 10.2 Å². The Morgan fingerprint density at radius 3 is 2.76 bits per heavy atom. The van der Waals surface area contributed by atoms with Gasteiger partial charge in [0.1, 0.15) is 10.8 Å². The van der Waals surface area contributed by atoms with Crippen LogP contribution in [-0.2, 0) is 0 Å². The number of para-hydroxylation sites is 1. The number of rotatable bonds is 1. The number of hydrogen-bond acceptors (Lipinski definition) is 3. The molecule has 1 heterocycles. The number of aromatic nitrogens is 1. The fraction of sp³-hybridized carbons (Fsp3) is 0. The third-order valence-corrected chi connectivity index (χ3v) is 3.58. The molecular formula is C13H9FN2S. The standard InChI is InChI=1S/C13H9FN2S/c14-10-6-5-8(15)7-9(10)13-16-11-3-1-2-4-12(11)17-13/h1-7H,15H2. The molecule has 0 aliphatic rings. The molecule has 3 aromatic rings. The lowest BCUT2D eigenvalue weighted by Gasteiger charge is -1.99. The number of halogens is 1. The van der Waals surface area contributed by atoms with Crippen LogP contribution in [0.4, 0.5) is 10.1 Å². The predicted octanol–water partition coefficient (Wildman–Crippen LogP) is 3.68. The van der Waals surface area contributed by atoms with E-state index in [4.69, 9.17) is 5.73 Å². The number of fused-ring (bicyclic) bond motifs is 1. The molecule has 0 aliphatic heterocycles. The Morgan fingerprint density at radius 2 is 1.94 bits per heavy atom. The summed E-state index contributed by atoms with van der Waals surface area (Å²) in [5.74, 6) is -0.293. The smallest absolute Gasteiger partial charge is 0.133 e. The molecule has 0 radical (unpaired) electrons. The van der Waals surface area contributed by atoms with Gasteiger partial charge < -0.3 is 5.73 Å². The molecule has 3 rings (SSSR count). The third kappa shape index (κ3) is 1.76. The highest BCUT2D eigenvalue weighted by atomic mass is 32.1. The normalized spacial score (nSPS) is 10.9. The zero-order chi connectivity index (χ0) is 11.8. The molecule has 2 N–H and O–H groups in total. The van der Waals surface area contributed by atoms with Gasteiger partial charge in [0.15, 0.2) is 0 Å². The second kappa shape index (κ2) is 3.82. The number of nitrogen functional groups attached to an aromatic ring is 1. The molecule has 0 atom stereocenters. The van der Waals surface area contributed by atoms with Crippen LogP contribution < -0.4 is 5.73 Å². The lowest BCUT2D eigenvalue weighted by molar-refractivity contribution is 0.631. The summed E-state index contributed by atoms with van der Waals surface area (Å²) in [5.41, 5.74) is 7.56. The first-order chi connectivity index (χ1) is 8.24. The maximum absolute atomic E-state index is 13.7. The monoisotopic (exact) mass is 244 g/mol. The van der Waals surface area contributed by atoms with Gasteiger partial charge in [-0.15, -0.1) is 11.3 Å². The van der Waals surface area contributed by atoms with E-state index in [9.17, 15) is 4.39 Å². The minimum atomic E-state index is -0.293. The van der Waals surface area contributed by atoms with Gasteiger partial charge in [-0.1, -0.05) is 12.1 Å². The summed E-state index contributed by atoms with van der Waals surface area (Å²) >= 11 is 1.47. The van der Waals surface area contributed by atoms with E-state index in [-0.39, 0.29) is 5.82 Å². The zero-order valence-corrected chi connectivity index (χ0v) is 9.67. The zero-order valence-electron chi connectivity index (χ0n) is 8.85. The Labute approximate surface area is 102 Å². The van der Waals surface area contributed by atoms with Crippen molar-refractivity contribution in [2.75, 3.05) is 5.73 Å². The minimum absolute atomic E-state index is 0.293. The summed E-state index contributed by atoms with van der Waals surface area (Å²) in [6.45, 7) is 0. The van der Waals surface area contributed by atoms with Crippen LogP contribution in [-0.4, -0.2) is 4.98 Å². The Morgan fingerprint density at radius 1 is 1.12 bits per heavy atom. The number of thiazole rings is 1. The molecule has 84 valence electrons. The second-order valence-electron chi connectivity index (χ2n) is 3.73. The van der Waals surface area contributed by atoms with Gasteiger partial charge in [-0.25, -0.2) is 9.37 Å². The number of nitrogens with two attached hydrogens (primary N) is 1. The summed E-state index contributed by atoms with van der Waals surface area (Å²) < 4.78 is 14.7. The van der Waals surface area contributed by atoms with Crippen LogP contribution in [0.25, 0.3) is 20.8 Å². The average Bonchev–Trinajstić information content (AvgIpc) is 2.75. The van der Waals surface area contributed by atoms with E-state index in [0.29, 0.717) is 16.3 Å². The maximum atomic E-state index is 13.7. The highest BCUT2D eigenvalue weighted by Gasteiger charge is 2.10. The summed E-state index contributed by atoms with van der Waals surface area (Å²) in [4.78, 5) is 4.41. The molecule has 0 bridgehead atoms. The lowest BCUT2D eigenvalue weighted by Crippen LogP contribution is -1.88. The highest BCUT2D eigenvalue weighted by molar-refractivity contribution is 7.21. The van der Waals surface area contributed by atoms with E-state index < -0.39 is 0 Å². The van der Waals surface area contributed by atoms with Gasteiger partial charge >= 0.3 is 0 Å². The summed E-state index contributed by atoms with van der Waals surface area (Å²) in [6.07, 6.45) is 0. The van der Waals surface area contributed by atoms with Crippen LogP contribution in [0.2, 0.25) is 0 Å². The minimum Gasteiger partial charge on any atom is -0.399 e. The van der Waals surface area contributed by atoms with E-state index in [1.165, 1.54) is 17.4 Å². The maximum Gasteiger partial charge on any atom is 0.133 e. The summed E-state index contributed by atoms with van der Waals surface area (Å²) in [6, 6.07) is 12.3. The first kappa shape index (κ1) is 10.2. The van der Waals surface area contributed by atoms with Crippen molar-refractivity contribution in [1.82, 2.24) is 4.98 Å². The first-order valence-electron chi connectivity index (χ1n) is 5.15. The van der Waals surface area contributed by atoms with E-state index in [0.717, 1.165) is 10.2 Å². The van der Waals surface area contributed by atoms with Gasteiger partial charge in [0, 0.05) is 11.3 Å². The molecule has 0 unspecified atom stereocenters. The van der Waals surface area contributed by atoms with Gasteiger partial charge in [0.25, 0.3) is 0 Å². The fourth-order valence-electron chi connectivity index (χ4n) is 1.69. The van der Waals surface area contributed by atoms with Crippen molar-refractivity contribution < 1.29 is 4.39 Å². The van der Waals surface area contributed by atoms with Crippen LogP contribution in [0.15, 0.2) is 42.5 Å². The molecule has 4 heteroatoms. The Hall–Kier alpha value is -1.94. The van der Waals surface area contributed by atoms with Crippen LogP contribution in [0.3, 0.4) is 0 Å². The lowest BCUT2D eigenvalue weighted by atomic mass is 10.2. The number of hydrogen-bond donors (Lipinski definition) is 1. The third-order valence-electron chi connectivity index (χ3n) is 2.51. The van der Waals surface area contributed by atoms with Gasteiger partial charge in [-0.05, 0) is 30.3 Å². The van der Waals surface area contributed by atoms with Crippen LogP contribution in [0.1, 0.15) is 0 Å². The first-order valence-corrected chi connectivity index (χ1v) is 5.96. The van der Waals surface area contributed by atoms with Crippen molar-refractivity contribution in [3.8, 4) is 10.6 Å². The largest absolute Gasteiger partial charge is 0.399 e. The Kier molecular flexibility index (Phi) is 2.30. The van der Waals surface area contributed by atoms with Crippen molar-refractivity contribution >= 4 is 27.2 Å². The van der Waals surface area contributed by atoms with Crippen LogP contribution >= 0.6 is 11.3 Å². The molecule has 0 saturated heterocycles. The van der Waals surface area contributed by atoms with Crippen molar-refractivity contribution in [1.29, 1.82) is 0 Å². The van der Waals surface area contributed by atoms with E-state index in [2.05, 4.69) is 4.98 Å². The quantitative estimate of drug-likeness (QED) is 0.663. The molecule has 1 aromatic heterocycles. The van der Waals surface area contributed by atoms with E-state index >= 15 is 0 Å². The van der Waals surface area contributed by atoms with Crippen LogP contribution in [0.5, 0.6) is 0 Å². The highest BCUT2D eigenvalue weighted by Crippen LogP contribution is 2.32. The van der Waals surface area contributed by atoms with Crippen molar-refractivity contribution in [2.24, 2.45) is 0 Å². The fourth-order valence-corrected chi connectivity index (χ4v) is 2.68. The number of nitrogens with zero attached hydrogens (tertiary/aromatic N) is 1. The van der Waals surface area contributed by atoms with Gasteiger partial charge in [-0.3, -0.25) is 0 Å². The second-order valence-corrected chi connectivity index (χ2v) is 4.76. The van der Waals surface area contributed by atoms with E-state index in [1.54, 1.807) is 12.1 Å². The molecule has 0 saturated carbocycles. The number of anilines is 1. The molecule has 0 spiro atoms. The predicted molar refractivity (Wildman–Crippen MR) is 69.4 cm³/mol. The van der Waals surface area contributed by atoms with Crippen molar-refractivity contribution in [3.05, 3.63) is 48.3 Å².